The van der Waals surface area contributed by atoms with Gasteiger partial charge >= 0.3 is 0 Å². The van der Waals surface area contributed by atoms with Crippen LogP contribution in [0, 0.1) is 29.5 Å². The summed E-state index contributed by atoms with van der Waals surface area (Å²) in [6.07, 6.45) is -1.66. The number of carbonyl (C=O) groups excluding carboxylic acids is 6. The SMILES string of the molecule is CO[C@@H]1[C@H]2[C@H](N(C)C)C(=O)C(C(N)=O)C(=O)[C@@]2(O)C(=O)C2C(=O)c3c(O)c(NC(=O)CNC(C)(C)C)cc(F)c3C[C@H]21. The number of fused-ring (bicyclic) bond motifs is 3. The highest BCUT2D eigenvalue weighted by atomic mass is 19.1. The molecule has 0 radical (unpaired) electrons. The van der Waals surface area contributed by atoms with E-state index in [1.54, 1.807) is 0 Å². The van der Waals surface area contributed by atoms with E-state index in [-0.39, 0.29) is 18.5 Å². The molecule has 0 spiro atoms. The van der Waals surface area contributed by atoms with Gasteiger partial charge in [0, 0.05) is 30.2 Å². The number of hydrogen-bond donors (Lipinski definition) is 5. The number of nitrogens with zero attached hydrogens (tertiary/aromatic N) is 1. The highest BCUT2D eigenvalue weighted by Gasteiger charge is 2.72. The van der Waals surface area contributed by atoms with Crippen LogP contribution in [0.3, 0.4) is 0 Å². The zero-order valence-corrected chi connectivity index (χ0v) is 24.1. The van der Waals surface area contributed by atoms with Gasteiger partial charge in [0.2, 0.25) is 11.8 Å². The Morgan fingerprint density at radius 2 is 1.81 bits per heavy atom. The number of primary amides is 1. The number of phenols is 1. The number of likely N-dealkylation sites (N-methyl/N-ethyl adjacent to an activating group) is 1. The van der Waals surface area contributed by atoms with Crippen molar-refractivity contribution in [3.63, 3.8) is 0 Å². The van der Waals surface area contributed by atoms with Gasteiger partial charge < -0.3 is 31.3 Å². The van der Waals surface area contributed by atoms with Crippen LogP contribution < -0.4 is 16.4 Å². The molecule has 2 amide bonds. The van der Waals surface area contributed by atoms with Gasteiger partial charge in [-0.2, -0.15) is 0 Å². The number of aliphatic hydroxyl groups is 1. The third kappa shape index (κ3) is 4.71. The zero-order chi connectivity index (χ0) is 31.6. The summed E-state index contributed by atoms with van der Waals surface area (Å²) in [5, 5.41) is 28.1. The van der Waals surface area contributed by atoms with Crippen LogP contribution in [0.1, 0.15) is 36.7 Å². The zero-order valence-electron chi connectivity index (χ0n) is 24.1. The largest absolute Gasteiger partial charge is 0.505 e. The van der Waals surface area contributed by atoms with Crippen LogP contribution in [0.2, 0.25) is 0 Å². The molecule has 13 nitrogen and oxygen atoms in total. The highest BCUT2D eigenvalue weighted by Crippen LogP contribution is 2.52. The van der Waals surface area contributed by atoms with Gasteiger partial charge in [-0.25, -0.2) is 4.39 Å². The standard InChI is InChI=1S/C28H35FN4O9/c1-27(2,3)31-9-14(34)32-13-8-12(29)10-7-11-16(21(36)15(10)20(13)35)24(38)28(41)18(23(11)42-6)19(33(4)5)22(37)17(25(28)39)26(30)40/h8,11,16-19,23,31,35,41H,7,9H2,1-6H3,(H2,30,40)(H,32,34)/t11-,16?,17?,18-,19+,23+,28+/m1/s1. The Hall–Kier alpha value is -3.59. The number of hydrogen-bond acceptors (Lipinski definition) is 11. The minimum atomic E-state index is -3.03. The minimum Gasteiger partial charge on any atom is -0.505 e. The van der Waals surface area contributed by atoms with E-state index in [1.165, 1.54) is 26.1 Å². The van der Waals surface area contributed by atoms with Gasteiger partial charge in [-0.05, 0) is 41.3 Å². The lowest BCUT2D eigenvalue weighted by molar-refractivity contribution is -0.198. The second-order valence-electron chi connectivity index (χ2n) is 12.3. The van der Waals surface area contributed by atoms with Crippen LogP contribution in [0.4, 0.5) is 10.1 Å². The number of nitrogens with two attached hydrogens (primary N) is 1. The van der Waals surface area contributed by atoms with Crippen molar-refractivity contribution >= 4 is 40.6 Å². The molecule has 2 unspecified atom stereocenters. The number of amides is 2. The summed E-state index contributed by atoms with van der Waals surface area (Å²) in [5.74, 6) is -15.2. The van der Waals surface area contributed by atoms with E-state index < -0.39 is 105 Å². The number of methoxy groups -OCH3 is 1. The van der Waals surface area contributed by atoms with Crippen molar-refractivity contribution in [2.45, 2.75) is 50.5 Å². The van der Waals surface area contributed by atoms with Gasteiger partial charge in [-0.3, -0.25) is 33.7 Å². The van der Waals surface area contributed by atoms with Crippen molar-refractivity contribution < 1.29 is 48.1 Å². The number of nitrogens with one attached hydrogen (secondary N) is 2. The van der Waals surface area contributed by atoms with Crippen molar-refractivity contribution in [3.05, 3.63) is 23.0 Å². The van der Waals surface area contributed by atoms with Crippen LogP contribution in [-0.2, 0) is 35.1 Å². The number of phenolic OH excluding ortho intramolecular Hbond substituents is 1. The Morgan fingerprint density at radius 1 is 1.19 bits per heavy atom. The van der Waals surface area contributed by atoms with E-state index in [1.807, 2.05) is 20.8 Å². The van der Waals surface area contributed by atoms with Crippen molar-refractivity contribution in [3.8, 4) is 5.75 Å². The summed E-state index contributed by atoms with van der Waals surface area (Å²) >= 11 is 0. The number of ketones is 4. The van der Waals surface area contributed by atoms with Crippen molar-refractivity contribution in [1.29, 1.82) is 0 Å². The van der Waals surface area contributed by atoms with Gasteiger partial charge in [0.15, 0.2) is 34.7 Å². The van der Waals surface area contributed by atoms with Crippen LogP contribution in [-0.4, -0.2) is 101 Å². The molecule has 0 aromatic heterocycles. The first kappa shape index (κ1) is 31.3. The second-order valence-corrected chi connectivity index (χ2v) is 12.3. The fraction of sp³-hybridized carbons (Fsp3) is 0.571. The first-order valence-corrected chi connectivity index (χ1v) is 13.3. The monoisotopic (exact) mass is 590 g/mol. The molecule has 2 fully saturated rings. The fourth-order valence-electron chi connectivity index (χ4n) is 6.56. The quantitative estimate of drug-likeness (QED) is 0.200. The van der Waals surface area contributed by atoms with E-state index in [2.05, 4.69) is 10.6 Å². The number of rotatable bonds is 6. The van der Waals surface area contributed by atoms with Crippen molar-refractivity contribution in [2.24, 2.45) is 29.4 Å². The first-order valence-electron chi connectivity index (χ1n) is 13.3. The predicted molar refractivity (Wildman–Crippen MR) is 144 cm³/mol. The Morgan fingerprint density at radius 3 is 2.33 bits per heavy atom. The Kier molecular flexibility index (Phi) is 7.91. The summed E-state index contributed by atoms with van der Waals surface area (Å²) in [5.41, 5.74) is 0.615. The van der Waals surface area contributed by atoms with E-state index in [0.29, 0.717) is 0 Å². The molecule has 228 valence electrons. The smallest absolute Gasteiger partial charge is 0.238 e. The lowest BCUT2D eigenvalue weighted by Crippen LogP contribution is -2.77. The van der Waals surface area contributed by atoms with Crippen molar-refractivity contribution in [1.82, 2.24) is 10.2 Å². The minimum absolute atomic E-state index is 0.197. The maximum atomic E-state index is 15.5. The molecule has 0 bridgehead atoms. The maximum absolute atomic E-state index is 15.5. The molecule has 1 aromatic rings. The van der Waals surface area contributed by atoms with Gasteiger partial charge in [-0.1, -0.05) is 0 Å². The number of carbonyl (C=O) groups is 6. The summed E-state index contributed by atoms with van der Waals surface area (Å²) < 4.78 is 21.1. The third-order valence-electron chi connectivity index (χ3n) is 8.39. The topological polar surface area (TPSA) is 205 Å². The summed E-state index contributed by atoms with van der Waals surface area (Å²) in [6.45, 7) is 5.25. The molecule has 42 heavy (non-hydrogen) atoms. The number of ether oxygens (including phenoxy) is 1. The van der Waals surface area contributed by atoms with E-state index in [9.17, 15) is 39.0 Å². The first-order chi connectivity index (χ1) is 19.4. The van der Waals surface area contributed by atoms with Gasteiger partial charge in [0.05, 0.1) is 41.8 Å². The number of benzene rings is 1. The van der Waals surface area contributed by atoms with Gasteiger partial charge in [0.1, 0.15) is 11.6 Å². The number of aromatic hydroxyl groups is 1. The van der Waals surface area contributed by atoms with E-state index in [0.717, 1.165) is 6.07 Å². The molecule has 1 aromatic carbocycles. The average molecular weight is 591 g/mol. The summed E-state index contributed by atoms with van der Waals surface area (Å²) in [4.78, 5) is 80.6. The predicted octanol–water partition coefficient (Wildman–Crippen LogP) is -1.04. The van der Waals surface area contributed by atoms with Crippen molar-refractivity contribution in [2.75, 3.05) is 33.1 Å². The summed E-state index contributed by atoms with van der Waals surface area (Å²) in [7, 11) is 4.07. The molecule has 4 rings (SSSR count). The van der Waals surface area contributed by atoms with Crippen LogP contribution in [0.15, 0.2) is 6.07 Å². The van der Waals surface area contributed by atoms with Gasteiger partial charge in [-0.15, -0.1) is 0 Å². The number of anilines is 1. The molecule has 3 aliphatic rings. The Labute approximate surface area is 240 Å². The molecule has 14 heteroatoms. The fourth-order valence-corrected chi connectivity index (χ4v) is 6.56. The lowest BCUT2D eigenvalue weighted by Gasteiger charge is -2.55. The molecule has 0 aliphatic heterocycles. The molecule has 0 saturated heterocycles. The molecular weight excluding hydrogens is 555 g/mol. The third-order valence-corrected chi connectivity index (χ3v) is 8.39. The Balaban J connectivity index is 1.83. The molecular formula is C28H35FN4O9. The van der Waals surface area contributed by atoms with Crippen LogP contribution >= 0.6 is 0 Å². The molecule has 7 atom stereocenters. The molecule has 0 heterocycles. The Bertz CT molecular complexity index is 1400. The normalized spacial score (nSPS) is 31.0. The van der Waals surface area contributed by atoms with Crippen LogP contribution in [0.25, 0.3) is 0 Å². The van der Waals surface area contributed by atoms with E-state index >= 15 is 4.39 Å². The highest BCUT2D eigenvalue weighted by molar-refractivity contribution is 6.32. The van der Waals surface area contributed by atoms with E-state index in [4.69, 9.17) is 10.5 Å². The van der Waals surface area contributed by atoms with Crippen LogP contribution in [0.5, 0.6) is 5.75 Å². The second kappa shape index (κ2) is 10.6. The lowest BCUT2D eigenvalue weighted by atomic mass is 9.51. The molecule has 3 aliphatic carbocycles. The van der Waals surface area contributed by atoms with Gasteiger partial charge in [0.25, 0.3) is 0 Å². The number of halogens is 1. The molecule has 2 saturated carbocycles. The molecule has 6 N–H and O–H groups in total. The average Bonchev–Trinajstić information content (AvgIpc) is 2.87. The number of Topliss-reactive ketones (excluding diaryl/α,β-unsaturated/α-hetero) is 4. The maximum Gasteiger partial charge on any atom is 0.238 e. The summed E-state index contributed by atoms with van der Waals surface area (Å²) in [6, 6.07) is -0.540.